The van der Waals surface area contributed by atoms with Crippen LogP contribution in [0.2, 0.25) is 0 Å². The molecule has 0 aromatic rings. The zero-order valence-electron chi connectivity index (χ0n) is 8.93. The molecule has 0 aliphatic rings. The molecular weight excluding hydrogens is 166 g/mol. The van der Waals surface area contributed by atoms with Crippen LogP contribution in [0.15, 0.2) is 12.2 Å². The fourth-order valence-corrected chi connectivity index (χ4v) is 0.695. The van der Waals surface area contributed by atoms with Crippen LogP contribution in [-0.4, -0.2) is 32.5 Å². The third kappa shape index (κ3) is 6.75. The van der Waals surface area contributed by atoms with Crippen LogP contribution in [-0.2, 0) is 9.47 Å². The van der Waals surface area contributed by atoms with E-state index in [1.165, 1.54) is 0 Å². The van der Waals surface area contributed by atoms with E-state index < -0.39 is 0 Å². The summed E-state index contributed by atoms with van der Waals surface area (Å²) in [6.07, 6.45) is 0.876. The van der Waals surface area contributed by atoms with Gasteiger partial charge in [-0.1, -0.05) is 6.58 Å². The highest BCUT2D eigenvalue weighted by atomic mass is 16.5. The third-order valence-corrected chi connectivity index (χ3v) is 2.00. The number of rotatable bonds is 7. The van der Waals surface area contributed by atoms with Gasteiger partial charge in [-0.25, -0.2) is 0 Å². The first-order valence-electron chi connectivity index (χ1n) is 4.51. The summed E-state index contributed by atoms with van der Waals surface area (Å²) in [4.78, 5) is 0. The zero-order chi connectivity index (χ0) is 10.3. The van der Waals surface area contributed by atoms with Gasteiger partial charge in [-0.2, -0.15) is 0 Å². The van der Waals surface area contributed by atoms with Crippen LogP contribution >= 0.6 is 0 Å². The number of nitrogens with two attached hydrogens (primary N) is 1. The SMILES string of the molecule is C=C(CN)COCCC(C)(C)OC. The lowest BCUT2D eigenvalue weighted by atomic mass is 10.1. The van der Waals surface area contributed by atoms with Crippen molar-refractivity contribution in [2.24, 2.45) is 5.73 Å². The van der Waals surface area contributed by atoms with Crippen molar-refractivity contribution in [3.05, 3.63) is 12.2 Å². The monoisotopic (exact) mass is 187 g/mol. The summed E-state index contributed by atoms with van der Waals surface area (Å²) in [6, 6.07) is 0. The van der Waals surface area contributed by atoms with E-state index in [0.717, 1.165) is 12.0 Å². The van der Waals surface area contributed by atoms with Gasteiger partial charge in [-0.05, 0) is 25.8 Å². The zero-order valence-corrected chi connectivity index (χ0v) is 8.93. The maximum absolute atomic E-state index is 5.36. The molecule has 0 aliphatic carbocycles. The Morgan fingerprint density at radius 2 is 2.08 bits per heavy atom. The first kappa shape index (κ1) is 12.6. The van der Waals surface area contributed by atoms with E-state index in [4.69, 9.17) is 15.2 Å². The van der Waals surface area contributed by atoms with Gasteiger partial charge in [0.2, 0.25) is 0 Å². The molecule has 13 heavy (non-hydrogen) atoms. The molecule has 2 N–H and O–H groups in total. The molecule has 0 heterocycles. The van der Waals surface area contributed by atoms with Crippen LogP contribution in [0.25, 0.3) is 0 Å². The van der Waals surface area contributed by atoms with Crippen LogP contribution in [0.3, 0.4) is 0 Å². The molecule has 3 nitrogen and oxygen atoms in total. The first-order chi connectivity index (χ1) is 6.02. The Morgan fingerprint density at radius 1 is 1.46 bits per heavy atom. The molecule has 0 fully saturated rings. The Bertz CT molecular complexity index is 155. The lowest BCUT2D eigenvalue weighted by Gasteiger charge is -2.22. The second-order valence-electron chi connectivity index (χ2n) is 3.72. The molecule has 0 bridgehead atoms. The van der Waals surface area contributed by atoms with E-state index in [9.17, 15) is 0 Å². The van der Waals surface area contributed by atoms with Crippen molar-refractivity contribution in [2.45, 2.75) is 25.9 Å². The number of hydrogen-bond acceptors (Lipinski definition) is 3. The minimum atomic E-state index is -0.107. The van der Waals surface area contributed by atoms with E-state index in [1.807, 2.05) is 13.8 Å². The molecule has 3 heteroatoms. The Morgan fingerprint density at radius 3 is 2.54 bits per heavy atom. The number of hydrogen-bond donors (Lipinski definition) is 1. The average molecular weight is 187 g/mol. The Labute approximate surface area is 80.9 Å². The van der Waals surface area contributed by atoms with Crippen molar-refractivity contribution in [2.75, 3.05) is 26.9 Å². The smallest absolute Gasteiger partial charge is 0.0686 e. The number of methoxy groups -OCH3 is 1. The highest BCUT2D eigenvalue weighted by Gasteiger charge is 2.15. The summed E-state index contributed by atoms with van der Waals surface area (Å²) >= 11 is 0. The van der Waals surface area contributed by atoms with E-state index in [-0.39, 0.29) is 5.60 Å². The van der Waals surface area contributed by atoms with Gasteiger partial charge in [0.05, 0.1) is 12.2 Å². The fraction of sp³-hybridized carbons (Fsp3) is 0.800. The summed E-state index contributed by atoms with van der Waals surface area (Å²) < 4.78 is 10.6. The van der Waals surface area contributed by atoms with Crippen molar-refractivity contribution in [3.8, 4) is 0 Å². The summed E-state index contributed by atoms with van der Waals surface area (Å²) in [5.74, 6) is 0. The molecule has 0 aromatic carbocycles. The molecule has 0 saturated heterocycles. The van der Waals surface area contributed by atoms with Crippen LogP contribution in [0.1, 0.15) is 20.3 Å². The highest BCUT2D eigenvalue weighted by molar-refractivity contribution is 4.95. The van der Waals surface area contributed by atoms with Gasteiger partial charge < -0.3 is 15.2 Å². The Kier molecular flexibility index (Phi) is 5.95. The lowest BCUT2D eigenvalue weighted by molar-refractivity contribution is -0.00720. The molecule has 0 unspecified atom stereocenters. The molecule has 0 aromatic heterocycles. The van der Waals surface area contributed by atoms with Crippen LogP contribution in [0, 0.1) is 0 Å². The van der Waals surface area contributed by atoms with Gasteiger partial charge >= 0.3 is 0 Å². The molecule has 0 rings (SSSR count). The maximum atomic E-state index is 5.36. The quantitative estimate of drug-likeness (QED) is 0.483. The van der Waals surface area contributed by atoms with Gasteiger partial charge in [-0.3, -0.25) is 0 Å². The molecule has 0 saturated carbocycles. The normalized spacial score (nSPS) is 11.7. The van der Waals surface area contributed by atoms with Gasteiger partial charge in [0.25, 0.3) is 0 Å². The fourth-order valence-electron chi connectivity index (χ4n) is 0.695. The molecular formula is C10H21NO2. The minimum Gasteiger partial charge on any atom is -0.379 e. The topological polar surface area (TPSA) is 44.5 Å². The molecule has 0 spiro atoms. The molecule has 0 radical (unpaired) electrons. The van der Waals surface area contributed by atoms with E-state index in [1.54, 1.807) is 7.11 Å². The summed E-state index contributed by atoms with van der Waals surface area (Å²) in [7, 11) is 1.71. The van der Waals surface area contributed by atoms with Gasteiger partial charge in [0.15, 0.2) is 0 Å². The Balaban J connectivity index is 3.41. The van der Waals surface area contributed by atoms with E-state index in [2.05, 4.69) is 6.58 Å². The van der Waals surface area contributed by atoms with Crippen LogP contribution in [0.4, 0.5) is 0 Å². The van der Waals surface area contributed by atoms with Crippen molar-refractivity contribution < 1.29 is 9.47 Å². The van der Waals surface area contributed by atoms with E-state index in [0.29, 0.717) is 19.8 Å². The largest absolute Gasteiger partial charge is 0.379 e. The summed E-state index contributed by atoms with van der Waals surface area (Å²) in [5.41, 5.74) is 6.18. The molecule has 78 valence electrons. The van der Waals surface area contributed by atoms with Gasteiger partial charge in [0.1, 0.15) is 0 Å². The second-order valence-corrected chi connectivity index (χ2v) is 3.72. The van der Waals surface area contributed by atoms with Gasteiger partial charge in [0, 0.05) is 20.3 Å². The van der Waals surface area contributed by atoms with Crippen molar-refractivity contribution in [1.29, 1.82) is 0 Å². The number of ether oxygens (including phenoxy) is 2. The van der Waals surface area contributed by atoms with E-state index >= 15 is 0 Å². The van der Waals surface area contributed by atoms with Crippen LogP contribution in [0.5, 0.6) is 0 Å². The lowest BCUT2D eigenvalue weighted by Crippen LogP contribution is -2.24. The standard InChI is InChI=1S/C10H21NO2/c1-9(7-11)8-13-6-5-10(2,3)12-4/h1,5-8,11H2,2-4H3. The maximum Gasteiger partial charge on any atom is 0.0686 e. The van der Waals surface area contributed by atoms with Crippen molar-refractivity contribution in [3.63, 3.8) is 0 Å². The van der Waals surface area contributed by atoms with Crippen molar-refractivity contribution >= 4 is 0 Å². The summed E-state index contributed by atoms with van der Waals surface area (Å²) in [6.45, 7) is 9.54. The Hall–Kier alpha value is -0.380. The second kappa shape index (κ2) is 6.13. The molecule has 0 aliphatic heterocycles. The molecule has 0 atom stereocenters. The summed E-state index contributed by atoms with van der Waals surface area (Å²) in [5, 5.41) is 0. The van der Waals surface area contributed by atoms with Gasteiger partial charge in [-0.15, -0.1) is 0 Å². The third-order valence-electron chi connectivity index (χ3n) is 2.00. The highest BCUT2D eigenvalue weighted by Crippen LogP contribution is 2.12. The minimum absolute atomic E-state index is 0.107. The average Bonchev–Trinajstić information content (AvgIpc) is 2.12. The van der Waals surface area contributed by atoms with Crippen LogP contribution < -0.4 is 5.73 Å². The predicted octanol–water partition coefficient (Wildman–Crippen LogP) is 1.33. The van der Waals surface area contributed by atoms with Crippen molar-refractivity contribution in [1.82, 2.24) is 0 Å². The predicted molar refractivity (Wildman–Crippen MR) is 54.7 cm³/mol. The molecule has 0 amide bonds. The first-order valence-corrected chi connectivity index (χ1v) is 4.51.